The summed E-state index contributed by atoms with van der Waals surface area (Å²) in [7, 11) is 0. The maximum atomic E-state index is 5.42. The average Bonchev–Trinajstić information content (AvgIpc) is 2.31. The second-order valence-corrected chi connectivity index (χ2v) is 3.06. The zero-order chi connectivity index (χ0) is 7.40. The molecule has 0 aliphatic rings. The van der Waals surface area contributed by atoms with Gasteiger partial charge in [0.1, 0.15) is 0 Å². The second kappa shape index (κ2) is 3.58. The van der Waals surface area contributed by atoms with E-state index in [0.717, 1.165) is 4.88 Å². The van der Waals surface area contributed by atoms with Gasteiger partial charge in [0, 0.05) is 17.0 Å². The van der Waals surface area contributed by atoms with Crippen molar-refractivity contribution < 1.29 is 0 Å². The van der Waals surface area contributed by atoms with Crippen molar-refractivity contribution in [3.63, 3.8) is 0 Å². The van der Waals surface area contributed by atoms with Gasteiger partial charge in [0.05, 0.1) is 0 Å². The van der Waals surface area contributed by atoms with Crippen molar-refractivity contribution in [1.29, 1.82) is 0 Å². The van der Waals surface area contributed by atoms with Gasteiger partial charge in [-0.15, -0.1) is 11.6 Å². The lowest BCUT2D eigenvalue weighted by Gasteiger charge is -1.77. The summed E-state index contributed by atoms with van der Waals surface area (Å²) in [6, 6.07) is 0. The lowest BCUT2D eigenvalue weighted by molar-refractivity contribution is 1.42. The molecule has 2 nitrogen and oxygen atoms in total. The Kier molecular flexibility index (Phi) is 2.71. The number of rotatable bonds is 2. The van der Waals surface area contributed by atoms with Crippen molar-refractivity contribution >= 4 is 34.1 Å². The lowest BCUT2D eigenvalue weighted by Crippen LogP contribution is -1.77. The van der Waals surface area contributed by atoms with Gasteiger partial charge in [-0.3, -0.25) is 0 Å². The van der Waals surface area contributed by atoms with Gasteiger partial charge in [-0.25, -0.2) is 4.98 Å². The average molecular weight is 175 g/mol. The van der Waals surface area contributed by atoms with Crippen LogP contribution >= 0.6 is 22.9 Å². The zero-order valence-electron chi connectivity index (χ0n) is 5.25. The Hall–Kier alpha value is -0.540. The van der Waals surface area contributed by atoms with Gasteiger partial charge < -0.3 is 5.73 Å². The van der Waals surface area contributed by atoms with Crippen LogP contribution in [0.2, 0.25) is 0 Å². The van der Waals surface area contributed by atoms with Gasteiger partial charge in [-0.2, -0.15) is 0 Å². The molecule has 0 aromatic carbocycles. The van der Waals surface area contributed by atoms with Gasteiger partial charge in [0.15, 0.2) is 5.13 Å². The summed E-state index contributed by atoms with van der Waals surface area (Å²) in [6.45, 7) is 0. The van der Waals surface area contributed by atoms with Gasteiger partial charge in [0.2, 0.25) is 0 Å². The van der Waals surface area contributed by atoms with E-state index >= 15 is 0 Å². The van der Waals surface area contributed by atoms with Gasteiger partial charge in [0.25, 0.3) is 0 Å². The van der Waals surface area contributed by atoms with Crippen LogP contribution in [0.1, 0.15) is 4.88 Å². The molecule has 0 saturated carbocycles. The third-order valence-corrected chi connectivity index (χ3v) is 1.88. The molecule has 0 fully saturated rings. The maximum Gasteiger partial charge on any atom is 0.180 e. The van der Waals surface area contributed by atoms with E-state index < -0.39 is 0 Å². The smallest absolute Gasteiger partial charge is 0.180 e. The van der Waals surface area contributed by atoms with Crippen LogP contribution in [0.25, 0.3) is 6.08 Å². The SMILES string of the molecule is Nc1ncc(/C=C/CCl)s1. The number of nitrogen functional groups attached to an aromatic ring is 1. The summed E-state index contributed by atoms with van der Waals surface area (Å²) in [6.07, 6.45) is 5.48. The molecule has 10 heavy (non-hydrogen) atoms. The third kappa shape index (κ3) is 2.01. The van der Waals surface area contributed by atoms with E-state index in [9.17, 15) is 0 Å². The third-order valence-electron chi connectivity index (χ3n) is 0.913. The Labute approximate surface area is 68.3 Å². The molecule has 0 radical (unpaired) electrons. The van der Waals surface area contributed by atoms with Crippen LogP contribution in [0.4, 0.5) is 5.13 Å². The molecular formula is C6H7ClN2S. The number of thiazole rings is 1. The zero-order valence-corrected chi connectivity index (χ0v) is 6.82. The van der Waals surface area contributed by atoms with Crippen molar-refractivity contribution in [1.82, 2.24) is 4.98 Å². The molecule has 0 unspecified atom stereocenters. The van der Waals surface area contributed by atoms with E-state index in [2.05, 4.69) is 4.98 Å². The van der Waals surface area contributed by atoms with E-state index in [1.54, 1.807) is 6.20 Å². The minimum atomic E-state index is 0.526. The molecule has 1 aromatic heterocycles. The van der Waals surface area contributed by atoms with Crippen molar-refractivity contribution in [2.24, 2.45) is 0 Å². The molecule has 0 spiro atoms. The minimum absolute atomic E-state index is 0.526. The Morgan fingerprint density at radius 3 is 3.10 bits per heavy atom. The highest BCUT2D eigenvalue weighted by Crippen LogP contribution is 2.15. The number of alkyl halides is 1. The van der Waals surface area contributed by atoms with Crippen molar-refractivity contribution in [3.05, 3.63) is 17.2 Å². The molecule has 0 atom stereocenters. The fourth-order valence-electron chi connectivity index (χ4n) is 0.538. The largest absolute Gasteiger partial charge is 0.375 e. The monoisotopic (exact) mass is 174 g/mol. The van der Waals surface area contributed by atoms with Crippen LogP contribution in [0.5, 0.6) is 0 Å². The molecule has 54 valence electrons. The highest BCUT2D eigenvalue weighted by Gasteiger charge is 1.91. The minimum Gasteiger partial charge on any atom is -0.375 e. The first-order chi connectivity index (χ1) is 4.83. The first-order valence-electron chi connectivity index (χ1n) is 2.76. The molecule has 0 bridgehead atoms. The summed E-state index contributed by atoms with van der Waals surface area (Å²) < 4.78 is 0. The standard InChI is InChI=1S/C6H7ClN2S/c7-3-1-2-5-4-9-6(8)10-5/h1-2,4H,3H2,(H2,8,9)/b2-1+. The predicted molar refractivity (Wildman–Crippen MR) is 46.3 cm³/mol. The van der Waals surface area contributed by atoms with Crippen molar-refractivity contribution in [2.75, 3.05) is 11.6 Å². The van der Waals surface area contributed by atoms with Crippen LogP contribution in [0.15, 0.2) is 12.3 Å². The molecule has 1 aromatic rings. The summed E-state index contributed by atoms with van der Waals surface area (Å²) >= 11 is 6.87. The predicted octanol–water partition coefficient (Wildman–Crippen LogP) is 1.98. The molecule has 2 N–H and O–H groups in total. The van der Waals surface area contributed by atoms with Gasteiger partial charge >= 0.3 is 0 Å². The number of anilines is 1. The molecular weight excluding hydrogens is 168 g/mol. The van der Waals surface area contributed by atoms with E-state index in [-0.39, 0.29) is 0 Å². The molecule has 0 aliphatic heterocycles. The number of hydrogen-bond donors (Lipinski definition) is 1. The Morgan fingerprint density at radius 2 is 2.60 bits per heavy atom. The van der Waals surface area contributed by atoms with Crippen LogP contribution in [-0.4, -0.2) is 10.9 Å². The van der Waals surface area contributed by atoms with Crippen LogP contribution < -0.4 is 5.73 Å². The number of hydrogen-bond acceptors (Lipinski definition) is 3. The Balaban J connectivity index is 2.67. The fraction of sp³-hybridized carbons (Fsp3) is 0.167. The molecule has 0 aliphatic carbocycles. The number of nitrogens with two attached hydrogens (primary N) is 1. The molecule has 0 amide bonds. The van der Waals surface area contributed by atoms with E-state index in [1.807, 2.05) is 12.2 Å². The number of aromatic nitrogens is 1. The summed E-state index contributed by atoms with van der Waals surface area (Å²) in [5.74, 6) is 0.526. The summed E-state index contributed by atoms with van der Waals surface area (Å²) in [5.41, 5.74) is 5.39. The van der Waals surface area contributed by atoms with Gasteiger partial charge in [-0.05, 0) is 6.08 Å². The first-order valence-corrected chi connectivity index (χ1v) is 4.12. The quantitative estimate of drug-likeness (QED) is 0.697. The highest BCUT2D eigenvalue weighted by molar-refractivity contribution is 7.16. The van der Waals surface area contributed by atoms with Crippen LogP contribution in [-0.2, 0) is 0 Å². The number of nitrogens with zero attached hydrogens (tertiary/aromatic N) is 1. The van der Waals surface area contributed by atoms with E-state index in [4.69, 9.17) is 17.3 Å². The van der Waals surface area contributed by atoms with Crippen molar-refractivity contribution in [3.8, 4) is 0 Å². The number of halogens is 1. The Morgan fingerprint density at radius 1 is 1.80 bits per heavy atom. The van der Waals surface area contributed by atoms with Crippen LogP contribution in [0, 0.1) is 0 Å². The Bertz CT molecular complexity index is 231. The molecule has 1 rings (SSSR count). The molecule has 4 heteroatoms. The first kappa shape index (κ1) is 7.57. The lowest BCUT2D eigenvalue weighted by atomic mass is 10.5. The van der Waals surface area contributed by atoms with Crippen LogP contribution in [0.3, 0.4) is 0 Å². The second-order valence-electron chi connectivity index (χ2n) is 1.66. The topological polar surface area (TPSA) is 38.9 Å². The molecule has 0 saturated heterocycles. The number of allylic oxidation sites excluding steroid dienone is 1. The summed E-state index contributed by atoms with van der Waals surface area (Å²) in [5, 5.41) is 0.592. The van der Waals surface area contributed by atoms with Gasteiger partial charge in [-0.1, -0.05) is 17.4 Å². The van der Waals surface area contributed by atoms with Crippen molar-refractivity contribution in [2.45, 2.75) is 0 Å². The fourth-order valence-corrected chi connectivity index (χ4v) is 1.24. The maximum absolute atomic E-state index is 5.42. The highest BCUT2D eigenvalue weighted by atomic mass is 35.5. The summed E-state index contributed by atoms with van der Waals surface area (Å²) in [4.78, 5) is 4.91. The molecule has 1 heterocycles. The normalized spacial score (nSPS) is 10.9. The van der Waals surface area contributed by atoms with E-state index in [0.29, 0.717) is 11.0 Å². The van der Waals surface area contributed by atoms with E-state index in [1.165, 1.54) is 11.3 Å².